The van der Waals surface area contributed by atoms with Crippen molar-refractivity contribution in [3.8, 4) is 23.0 Å². The van der Waals surface area contributed by atoms with Gasteiger partial charge in [0.25, 0.3) is 0 Å². The molecule has 2 aromatic rings. The van der Waals surface area contributed by atoms with E-state index in [9.17, 15) is 20.1 Å². The summed E-state index contributed by atoms with van der Waals surface area (Å²) in [7, 11) is 0. The average molecular weight is 477 g/mol. The second-order valence-corrected chi connectivity index (χ2v) is 9.97. The van der Waals surface area contributed by atoms with Gasteiger partial charge in [-0.05, 0) is 77.5 Å². The fourth-order valence-corrected chi connectivity index (χ4v) is 4.16. The fraction of sp³-hybridized carbons (Fsp3) is 0.367. The Morgan fingerprint density at radius 1 is 0.829 bits per heavy atom. The van der Waals surface area contributed by atoms with Gasteiger partial charge in [0.1, 0.15) is 35.2 Å². The van der Waals surface area contributed by atoms with Crippen molar-refractivity contribution >= 4 is 5.78 Å². The van der Waals surface area contributed by atoms with Crippen molar-refractivity contribution < 1.29 is 24.9 Å². The van der Waals surface area contributed by atoms with Crippen LogP contribution in [-0.4, -0.2) is 27.7 Å². The molecule has 3 N–H and O–H groups in total. The summed E-state index contributed by atoms with van der Waals surface area (Å²) in [6, 6.07) is 4.94. The summed E-state index contributed by atoms with van der Waals surface area (Å²) in [6.45, 7) is 12.0. The summed E-state index contributed by atoms with van der Waals surface area (Å²) < 4.78 is 6.04. The third-order valence-corrected chi connectivity index (χ3v) is 6.16. The Balaban J connectivity index is 2.09. The van der Waals surface area contributed by atoms with Crippen LogP contribution in [0.4, 0.5) is 0 Å². The highest BCUT2D eigenvalue weighted by molar-refractivity contribution is 6.07. The number of carbonyl (C=O) groups is 1. The summed E-state index contributed by atoms with van der Waals surface area (Å²) in [4.78, 5) is 13.7. The SMILES string of the molecule is CC(C)=CCc1cc([C@H]2COc3c(CC=C(C)C)c(O)cc(O)c3C2=O)cc(CC=C(C)C)c1O. The van der Waals surface area contributed by atoms with Crippen LogP contribution < -0.4 is 4.74 Å². The normalized spacial score (nSPS) is 14.6. The number of allylic oxidation sites excluding steroid dienone is 6. The summed E-state index contributed by atoms with van der Waals surface area (Å²) in [6.07, 6.45) is 7.53. The van der Waals surface area contributed by atoms with E-state index in [1.54, 1.807) is 0 Å². The van der Waals surface area contributed by atoms with Crippen LogP contribution in [0.5, 0.6) is 23.0 Å². The smallest absolute Gasteiger partial charge is 0.181 e. The van der Waals surface area contributed by atoms with Crippen molar-refractivity contribution in [1.29, 1.82) is 0 Å². The number of hydrogen-bond acceptors (Lipinski definition) is 5. The van der Waals surface area contributed by atoms with E-state index in [4.69, 9.17) is 4.74 Å². The van der Waals surface area contributed by atoms with Gasteiger partial charge in [-0.2, -0.15) is 0 Å². The Hall–Kier alpha value is -3.47. The molecule has 2 aromatic carbocycles. The molecule has 1 aliphatic rings. The third kappa shape index (κ3) is 5.97. The maximum absolute atomic E-state index is 13.7. The van der Waals surface area contributed by atoms with Crippen molar-refractivity contribution in [2.45, 2.75) is 66.7 Å². The number of rotatable bonds is 7. The predicted molar refractivity (Wildman–Crippen MR) is 140 cm³/mol. The van der Waals surface area contributed by atoms with Crippen LogP contribution in [0, 0.1) is 0 Å². The Labute approximate surface area is 208 Å². The number of phenols is 3. The van der Waals surface area contributed by atoms with Crippen LogP contribution in [0.1, 0.15) is 80.1 Å². The predicted octanol–water partition coefficient (Wildman–Crippen LogP) is 6.69. The largest absolute Gasteiger partial charge is 0.507 e. The second-order valence-electron chi connectivity index (χ2n) is 9.97. The quantitative estimate of drug-likeness (QED) is 0.388. The first-order valence-electron chi connectivity index (χ1n) is 12.0. The Kier molecular flexibility index (Phi) is 8.11. The number of ketones is 1. The average Bonchev–Trinajstić information content (AvgIpc) is 2.77. The van der Waals surface area contributed by atoms with E-state index < -0.39 is 5.92 Å². The molecule has 0 saturated carbocycles. The minimum absolute atomic E-state index is 0.0888. The fourth-order valence-electron chi connectivity index (χ4n) is 4.16. The molecule has 0 aromatic heterocycles. The van der Waals surface area contributed by atoms with Gasteiger partial charge in [0.15, 0.2) is 5.78 Å². The minimum atomic E-state index is -0.634. The molecule has 0 spiro atoms. The first-order valence-corrected chi connectivity index (χ1v) is 12.0. The summed E-state index contributed by atoms with van der Waals surface area (Å²) in [5.41, 5.74) is 6.18. The number of fused-ring (bicyclic) bond motifs is 1. The lowest BCUT2D eigenvalue weighted by Gasteiger charge is -2.28. The maximum atomic E-state index is 13.7. The number of aromatic hydroxyl groups is 3. The zero-order valence-corrected chi connectivity index (χ0v) is 21.5. The zero-order valence-electron chi connectivity index (χ0n) is 21.5. The highest BCUT2D eigenvalue weighted by Crippen LogP contribution is 2.45. The first-order chi connectivity index (χ1) is 16.5. The zero-order chi connectivity index (χ0) is 25.9. The van der Waals surface area contributed by atoms with Gasteiger partial charge in [0.2, 0.25) is 0 Å². The van der Waals surface area contributed by atoms with Gasteiger partial charge in [0, 0.05) is 11.6 Å². The number of hydrogen-bond donors (Lipinski definition) is 3. The highest BCUT2D eigenvalue weighted by Gasteiger charge is 2.35. The molecule has 5 nitrogen and oxygen atoms in total. The van der Waals surface area contributed by atoms with E-state index in [-0.39, 0.29) is 41.0 Å². The molecular formula is C30H36O5. The van der Waals surface area contributed by atoms with Crippen LogP contribution in [0.15, 0.2) is 53.1 Å². The van der Waals surface area contributed by atoms with Crippen molar-refractivity contribution in [2.24, 2.45) is 0 Å². The van der Waals surface area contributed by atoms with E-state index in [0.717, 1.165) is 33.4 Å². The Morgan fingerprint density at radius 3 is 1.86 bits per heavy atom. The molecule has 186 valence electrons. The van der Waals surface area contributed by atoms with E-state index in [1.165, 1.54) is 6.07 Å². The highest BCUT2D eigenvalue weighted by atomic mass is 16.5. The molecule has 35 heavy (non-hydrogen) atoms. The summed E-state index contributed by atoms with van der Waals surface area (Å²) >= 11 is 0. The lowest BCUT2D eigenvalue weighted by molar-refractivity contribution is 0.0891. The van der Waals surface area contributed by atoms with Gasteiger partial charge in [-0.3, -0.25) is 4.79 Å². The summed E-state index contributed by atoms with van der Waals surface area (Å²) in [5, 5.41) is 31.9. The number of Topliss-reactive ketones (excluding diaryl/α,β-unsaturated/α-hetero) is 1. The molecule has 0 saturated heterocycles. The van der Waals surface area contributed by atoms with E-state index in [0.29, 0.717) is 24.8 Å². The number of benzene rings is 2. The molecular weight excluding hydrogens is 440 g/mol. The van der Waals surface area contributed by atoms with Crippen LogP contribution >= 0.6 is 0 Å². The molecule has 0 fully saturated rings. The molecule has 1 aliphatic heterocycles. The number of phenolic OH excluding ortho intramolecular Hbond substituents is 3. The lowest BCUT2D eigenvalue weighted by atomic mass is 9.84. The van der Waals surface area contributed by atoms with Gasteiger partial charge in [0.05, 0.1) is 5.92 Å². The Bertz CT molecular complexity index is 1180. The van der Waals surface area contributed by atoms with Gasteiger partial charge in [-0.1, -0.05) is 47.1 Å². The first kappa shape index (κ1) is 26.1. The third-order valence-electron chi connectivity index (χ3n) is 6.16. The maximum Gasteiger partial charge on any atom is 0.181 e. The second kappa shape index (κ2) is 10.9. The number of ether oxygens (including phenoxy) is 1. The van der Waals surface area contributed by atoms with Crippen LogP contribution in [0.25, 0.3) is 0 Å². The molecule has 0 aliphatic carbocycles. The molecule has 1 heterocycles. The Morgan fingerprint density at radius 2 is 1.34 bits per heavy atom. The van der Waals surface area contributed by atoms with Crippen molar-refractivity contribution in [2.75, 3.05) is 6.61 Å². The molecule has 5 heteroatoms. The van der Waals surface area contributed by atoms with E-state index >= 15 is 0 Å². The lowest BCUT2D eigenvalue weighted by Crippen LogP contribution is -2.27. The van der Waals surface area contributed by atoms with Crippen molar-refractivity contribution in [3.05, 3.63) is 81.0 Å². The minimum Gasteiger partial charge on any atom is -0.507 e. The topological polar surface area (TPSA) is 87.0 Å². The van der Waals surface area contributed by atoms with Gasteiger partial charge < -0.3 is 20.1 Å². The molecule has 1 atom stereocenters. The molecule has 0 bridgehead atoms. The van der Waals surface area contributed by atoms with Gasteiger partial charge in [-0.25, -0.2) is 0 Å². The summed E-state index contributed by atoms with van der Waals surface area (Å²) in [5.74, 6) is -0.788. The number of carbonyl (C=O) groups excluding carboxylic acids is 1. The molecule has 3 rings (SSSR count). The molecule has 0 radical (unpaired) electrons. The van der Waals surface area contributed by atoms with E-state index in [2.05, 4.69) is 0 Å². The standard InChI is InChI=1S/C30H36O5/c1-17(2)7-10-20-13-22(14-21(28(20)33)11-8-18(3)4)24-16-35-30-23(12-9-19(5)6)25(31)15-26(32)27(30)29(24)34/h7-9,13-15,24,31-33H,10-12,16H2,1-6H3/t24-/m1/s1. The van der Waals surface area contributed by atoms with Gasteiger partial charge in [-0.15, -0.1) is 0 Å². The van der Waals surface area contributed by atoms with Crippen molar-refractivity contribution in [3.63, 3.8) is 0 Å². The monoisotopic (exact) mass is 476 g/mol. The van der Waals surface area contributed by atoms with E-state index in [1.807, 2.05) is 71.9 Å². The van der Waals surface area contributed by atoms with Crippen LogP contribution in [-0.2, 0) is 19.3 Å². The van der Waals surface area contributed by atoms with Crippen LogP contribution in [0.3, 0.4) is 0 Å². The van der Waals surface area contributed by atoms with Crippen molar-refractivity contribution in [1.82, 2.24) is 0 Å². The van der Waals surface area contributed by atoms with Crippen LogP contribution in [0.2, 0.25) is 0 Å². The molecule has 0 amide bonds. The molecule has 0 unspecified atom stereocenters. The van der Waals surface area contributed by atoms with Gasteiger partial charge >= 0.3 is 0 Å².